The van der Waals surface area contributed by atoms with E-state index in [1.165, 1.54) is 18.2 Å². The van der Waals surface area contributed by atoms with Crippen molar-refractivity contribution in [1.29, 1.82) is 0 Å². The van der Waals surface area contributed by atoms with Crippen LogP contribution in [0.2, 0.25) is 0 Å². The lowest BCUT2D eigenvalue weighted by atomic mass is 10.1. The molecule has 0 aliphatic heterocycles. The molecule has 1 atom stereocenters. The molecule has 0 aromatic heterocycles. The number of carbonyl (C=O) groups excluding carboxylic acids is 1. The molecule has 2 aromatic carbocycles. The number of ether oxygens (including phenoxy) is 1. The highest BCUT2D eigenvalue weighted by Gasteiger charge is 2.21. The van der Waals surface area contributed by atoms with E-state index in [0.717, 1.165) is 5.56 Å². The quantitative estimate of drug-likeness (QED) is 0.393. The molecule has 2 rings (SSSR count). The lowest BCUT2D eigenvalue weighted by Crippen LogP contribution is -2.36. The average molecular weight is 286 g/mol. The van der Waals surface area contributed by atoms with Crippen LogP contribution in [-0.4, -0.2) is 16.9 Å². The summed E-state index contributed by atoms with van der Waals surface area (Å²) in [5, 5.41) is 10.8. The third-order valence-electron chi connectivity index (χ3n) is 2.87. The van der Waals surface area contributed by atoms with Gasteiger partial charge in [0.2, 0.25) is 5.75 Å². The van der Waals surface area contributed by atoms with Gasteiger partial charge in [-0.25, -0.2) is 4.79 Å². The lowest BCUT2D eigenvalue weighted by molar-refractivity contribution is -0.385. The van der Waals surface area contributed by atoms with Crippen molar-refractivity contribution in [1.82, 2.24) is 0 Å². The van der Waals surface area contributed by atoms with Crippen molar-refractivity contribution in [2.24, 2.45) is 5.73 Å². The molecule has 0 saturated carbocycles. The number of benzene rings is 2. The number of nitro benzene ring substituents is 1. The zero-order valence-electron chi connectivity index (χ0n) is 11.1. The van der Waals surface area contributed by atoms with Gasteiger partial charge in [-0.05, 0) is 18.1 Å². The first-order valence-electron chi connectivity index (χ1n) is 6.32. The van der Waals surface area contributed by atoms with Gasteiger partial charge >= 0.3 is 11.7 Å². The number of nitrogens with two attached hydrogens (primary N) is 1. The fraction of sp³-hybridized carbons (Fsp3) is 0.133. The Morgan fingerprint density at radius 3 is 2.43 bits per heavy atom. The van der Waals surface area contributed by atoms with Gasteiger partial charge in [-0.3, -0.25) is 10.1 Å². The zero-order chi connectivity index (χ0) is 15.2. The second kappa shape index (κ2) is 6.62. The fourth-order valence-corrected chi connectivity index (χ4v) is 1.83. The van der Waals surface area contributed by atoms with Crippen LogP contribution in [0.15, 0.2) is 54.6 Å². The van der Waals surface area contributed by atoms with E-state index < -0.39 is 16.9 Å². The topological polar surface area (TPSA) is 95.5 Å². The highest BCUT2D eigenvalue weighted by molar-refractivity contribution is 5.79. The number of nitro groups is 1. The molecule has 0 saturated heterocycles. The van der Waals surface area contributed by atoms with Gasteiger partial charge in [-0.15, -0.1) is 0 Å². The van der Waals surface area contributed by atoms with Crippen molar-refractivity contribution in [3.05, 3.63) is 70.3 Å². The number of rotatable bonds is 5. The van der Waals surface area contributed by atoms with Gasteiger partial charge in [-0.2, -0.15) is 0 Å². The van der Waals surface area contributed by atoms with Gasteiger partial charge in [0, 0.05) is 6.07 Å². The maximum atomic E-state index is 11.9. The van der Waals surface area contributed by atoms with E-state index in [0.29, 0.717) is 6.42 Å². The minimum absolute atomic E-state index is 0.101. The molecule has 0 heterocycles. The van der Waals surface area contributed by atoms with Gasteiger partial charge in [-0.1, -0.05) is 42.5 Å². The van der Waals surface area contributed by atoms with Gasteiger partial charge in [0.05, 0.1) is 4.92 Å². The van der Waals surface area contributed by atoms with Crippen LogP contribution < -0.4 is 10.5 Å². The summed E-state index contributed by atoms with van der Waals surface area (Å²) in [4.78, 5) is 22.2. The fourth-order valence-electron chi connectivity index (χ4n) is 1.83. The predicted octanol–water partition coefficient (Wildman–Crippen LogP) is 2.07. The zero-order valence-corrected chi connectivity index (χ0v) is 11.1. The molecule has 0 bridgehead atoms. The molecule has 0 aliphatic carbocycles. The first-order chi connectivity index (χ1) is 10.1. The van der Waals surface area contributed by atoms with Crippen molar-refractivity contribution in [3.8, 4) is 5.75 Å². The van der Waals surface area contributed by atoms with Crippen LogP contribution in [0, 0.1) is 10.1 Å². The Hall–Kier alpha value is -2.73. The van der Waals surface area contributed by atoms with Crippen molar-refractivity contribution in [3.63, 3.8) is 0 Å². The maximum Gasteiger partial charge on any atom is 0.328 e. The Balaban J connectivity index is 2.06. The standard InChI is InChI=1S/C15H14N2O4/c16-12(10-11-6-2-1-3-7-11)15(18)21-14-9-5-4-8-13(14)17(19)20/h1-9,12H,10,16H2/t12-/m0/s1. The molecule has 21 heavy (non-hydrogen) atoms. The van der Waals surface area contributed by atoms with Crippen molar-refractivity contribution in [2.45, 2.75) is 12.5 Å². The van der Waals surface area contributed by atoms with Crippen LogP contribution in [-0.2, 0) is 11.2 Å². The largest absolute Gasteiger partial charge is 0.418 e. The second-order valence-electron chi connectivity index (χ2n) is 4.44. The molecule has 108 valence electrons. The number of esters is 1. The van der Waals surface area contributed by atoms with Crippen LogP contribution in [0.4, 0.5) is 5.69 Å². The summed E-state index contributed by atoms with van der Waals surface area (Å²) >= 11 is 0. The predicted molar refractivity (Wildman–Crippen MR) is 76.9 cm³/mol. The van der Waals surface area contributed by atoms with Gasteiger partial charge in [0.25, 0.3) is 0 Å². The molecule has 0 unspecified atom stereocenters. The summed E-state index contributed by atoms with van der Waals surface area (Å²) in [6, 6.07) is 14.0. The third-order valence-corrected chi connectivity index (χ3v) is 2.87. The summed E-state index contributed by atoms with van der Waals surface area (Å²) in [5.74, 6) is -0.802. The first kappa shape index (κ1) is 14.7. The summed E-state index contributed by atoms with van der Waals surface area (Å²) in [7, 11) is 0. The van der Waals surface area contributed by atoms with Crippen LogP contribution >= 0.6 is 0 Å². The molecule has 0 radical (unpaired) electrons. The number of nitrogens with zero attached hydrogens (tertiary/aromatic N) is 1. The third kappa shape index (κ3) is 3.87. The van der Waals surface area contributed by atoms with E-state index in [4.69, 9.17) is 10.5 Å². The summed E-state index contributed by atoms with van der Waals surface area (Å²) < 4.78 is 5.04. The van der Waals surface area contributed by atoms with Gasteiger partial charge in [0.15, 0.2) is 0 Å². The number of hydrogen-bond donors (Lipinski definition) is 1. The van der Waals surface area contributed by atoms with Crippen LogP contribution in [0.25, 0.3) is 0 Å². The van der Waals surface area contributed by atoms with E-state index in [1.54, 1.807) is 6.07 Å². The van der Waals surface area contributed by atoms with Crippen molar-refractivity contribution in [2.75, 3.05) is 0 Å². The Labute approximate surface area is 121 Å². The summed E-state index contributed by atoms with van der Waals surface area (Å²) in [5.41, 5.74) is 6.41. The first-order valence-corrected chi connectivity index (χ1v) is 6.32. The summed E-state index contributed by atoms with van der Waals surface area (Å²) in [6.07, 6.45) is 0.306. The molecule has 0 spiro atoms. The molecule has 0 aliphatic rings. The van der Waals surface area contributed by atoms with Crippen LogP contribution in [0.1, 0.15) is 5.56 Å². The minimum atomic E-state index is -0.882. The Morgan fingerprint density at radius 2 is 1.76 bits per heavy atom. The van der Waals surface area contributed by atoms with E-state index in [-0.39, 0.29) is 11.4 Å². The molecular formula is C15H14N2O4. The lowest BCUT2D eigenvalue weighted by Gasteiger charge is -2.11. The van der Waals surface area contributed by atoms with Crippen molar-refractivity contribution < 1.29 is 14.5 Å². The number of para-hydroxylation sites is 2. The van der Waals surface area contributed by atoms with E-state index in [2.05, 4.69) is 0 Å². The van der Waals surface area contributed by atoms with Crippen molar-refractivity contribution >= 4 is 11.7 Å². The number of carbonyl (C=O) groups is 1. The van der Waals surface area contributed by atoms with Gasteiger partial charge in [0.1, 0.15) is 6.04 Å². The van der Waals surface area contributed by atoms with Gasteiger partial charge < -0.3 is 10.5 Å². The van der Waals surface area contributed by atoms with Crippen LogP contribution in [0.5, 0.6) is 5.75 Å². The van der Waals surface area contributed by atoms with E-state index in [9.17, 15) is 14.9 Å². The molecule has 6 nitrogen and oxygen atoms in total. The second-order valence-corrected chi connectivity index (χ2v) is 4.44. The molecular weight excluding hydrogens is 272 g/mol. The van der Waals surface area contributed by atoms with E-state index in [1.807, 2.05) is 30.3 Å². The monoisotopic (exact) mass is 286 g/mol. The minimum Gasteiger partial charge on any atom is -0.418 e. The molecule has 2 N–H and O–H groups in total. The Bertz CT molecular complexity index is 643. The molecule has 0 amide bonds. The molecule has 6 heteroatoms. The average Bonchev–Trinajstić information content (AvgIpc) is 2.48. The SMILES string of the molecule is N[C@@H](Cc1ccccc1)C(=O)Oc1ccccc1[N+](=O)[O-]. The highest BCUT2D eigenvalue weighted by atomic mass is 16.6. The normalized spacial score (nSPS) is 11.7. The highest BCUT2D eigenvalue weighted by Crippen LogP contribution is 2.26. The Morgan fingerprint density at radius 1 is 1.14 bits per heavy atom. The van der Waals surface area contributed by atoms with Crippen LogP contribution in [0.3, 0.4) is 0 Å². The maximum absolute atomic E-state index is 11.9. The number of hydrogen-bond acceptors (Lipinski definition) is 5. The van der Waals surface area contributed by atoms with E-state index >= 15 is 0 Å². The summed E-state index contributed by atoms with van der Waals surface area (Å²) in [6.45, 7) is 0. The molecule has 2 aromatic rings. The smallest absolute Gasteiger partial charge is 0.328 e. The Kier molecular flexibility index (Phi) is 4.63. The molecule has 0 fully saturated rings.